The Hall–Kier alpha value is -2.92. The van der Waals surface area contributed by atoms with Crippen LogP contribution in [0, 0.1) is 13.8 Å². The van der Waals surface area contributed by atoms with Gasteiger partial charge in [0.15, 0.2) is 0 Å². The maximum Gasteiger partial charge on any atom is 0.254 e. The Morgan fingerprint density at radius 3 is 2.41 bits per heavy atom. The Bertz CT molecular complexity index is 1130. The maximum atomic E-state index is 13.9. The number of benzene rings is 2. The summed E-state index contributed by atoms with van der Waals surface area (Å²) in [4.78, 5) is 30.7. The number of rotatable bonds is 4. The van der Waals surface area contributed by atoms with Crippen molar-refractivity contribution in [3.8, 4) is 0 Å². The standard InChI is InChI=1S/C27H28N2O2S/c1-17-14-18(2)16-19(15-17)28-26(30)24-21-10-5-6-11-22(21)27(31)29(20-8-3-4-9-20)25(24)23-12-7-13-32-23/h5-7,10-16,20,24-25H,3-4,8-9H2,1-2H3,(H,28,30)/t24-,25+/m1/s1. The molecule has 1 aliphatic carbocycles. The first-order chi connectivity index (χ1) is 15.5. The number of carbonyl (C=O) groups excluding carboxylic acids is 2. The van der Waals surface area contributed by atoms with Crippen molar-refractivity contribution in [3.63, 3.8) is 0 Å². The quantitative estimate of drug-likeness (QED) is 0.519. The van der Waals surface area contributed by atoms with E-state index in [-0.39, 0.29) is 23.9 Å². The van der Waals surface area contributed by atoms with Crippen molar-refractivity contribution in [2.75, 3.05) is 5.32 Å². The first-order valence-corrected chi connectivity index (χ1v) is 12.2. The van der Waals surface area contributed by atoms with Crippen molar-refractivity contribution < 1.29 is 9.59 Å². The van der Waals surface area contributed by atoms with E-state index in [4.69, 9.17) is 0 Å². The number of hydrogen-bond acceptors (Lipinski definition) is 3. The lowest BCUT2D eigenvalue weighted by atomic mass is 9.80. The van der Waals surface area contributed by atoms with Gasteiger partial charge in [-0.25, -0.2) is 0 Å². The zero-order chi connectivity index (χ0) is 22.2. The second-order valence-corrected chi connectivity index (χ2v) is 10.0. The molecule has 2 aliphatic rings. The Morgan fingerprint density at radius 1 is 1.00 bits per heavy atom. The van der Waals surface area contributed by atoms with Gasteiger partial charge >= 0.3 is 0 Å². The number of hydrogen-bond donors (Lipinski definition) is 1. The molecule has 5 rings (SSSR count). The Morgan fingerprint density at radius 2 is 1.72 bits per heavy atom. The van der Waals surface area contributed by atoms with E-state index in [1.54, 1.807) is 11.3 Å². The zero-order valence-corrected chi connectivity index (χ0v) is 19.3. The Labute approximate surface area is 193 Å². The van der Waals surface area contributed by atoms with E-state index in [1.165, 1.54) is 0 Å². The van der Waals surface area contributed by atoms with Crippen LogP contribution in [0.3, 0.4) is 0 Å². The van der Waals surface area contributed by atoms with Crippen LogP contribution in [0.1, 0.15) is 69.6 Å². The molecular weight excluding hydrogens is 416 g/mol. The minimum absolute atomic E-state index is 0.0568. The summed E-state index contributed by atoms with van der Waals surface area (Å²) in [6.07, 6.45) is 4.27. The predicted octanol–water partition coefficient (Wildman–Crippen LogP) is 6.23. The van der Waals surface area contributed by atoms with E-state index in [1.807, 2.05) is 66.6 Å². The third kappa shape index (κ3) is 3.75. The molecule has 2 heterocycles. The third-order valence-corrected chi connectivity index (χ3v) is 7.64. The van der Waals surface area contributed by atoms with Crippen molar-refractivity contribution in [3.05, 3.63) is 87.1 Å². The number of nitrogens with zero attached hydrogens (tertiary/aromatic N) is 1. The Kier molecular flexibility index (Phi) is 5.60. The first kappa shape index (κ1) is 21.0. The van der Waals surface area contributed by atoms with Gasteiger partial charge in [-0.3, -0.25) is 9.59 Å². The van der Waals surface area contributed by atoms with Gasteiger partial charge in [-0.05, 0) is 73.0 Å². The molecule has 1 N–H and O–H groups in total. The number of thiophene rings is 1. The highest BCUT2D eigenvalue weighted by atomic mass is 32.1. The van der Waals surface area contributed by atoms with E-state index in [0.717, 1.165) is 52.9 Å². The molecule has 1 aliphatic heterocycles. The summed E-state index contributed by atoms with van der Waals surface area (Å²) in [5, 5.41) is 5.21. The minimum atomic E-state index is -0.455. The third-order valence-electron chi connectivity index (χ3n) is 6.70. The number of amides is 2. The molecule has 1 saturated carbocycles. The second kappa shape index (κ2) is 8.55. The molecule has 2 aromatic carbocycles. The average molecular weight is 445 g/mol. The molecule has 2 atom stereocenters. The molecule has 0 unspecified atom stereocenters. The van der Waals surface area contributed by atoms with Crippen molar-refractivity contribution in [1.82, 2.24) is 4.90 Å². The molecule has 1 fully saturated rings. The number of carbonyl (C=O) groups is 2. The van der Waals surface area contributed by atoms with E-state index >= 15 is 0 Å². The van der Waals surface area contributed by atoms with Crippen molar-refractivity contribution >= 4 is 28.8 Å². The summed E-state index contributed by atoms with van der Waals surface area (Å²) in [6, 6.07) is 17.7. The van der Waals surface area contributed by atoms with Gasteiger partial charge < -0.3 is 10.2 Å². The van der Waals surface area contributed by atoms with Gasteiger partial charge in [0, 0.05) is 22.2 Å². The first-order valence-electron chi connectivity index (χ1n) is 11.4. The smallest absolute Gasteiger partial charge is 0.254 e. The SMILES string of the molecule is Cc1cc(C)cc(NC(=O)[C@@H]2c3ccccc3C(=O)N(C3CCCC3)[C@H]2c2cccs2)c1. The van der Waals surface area contributed by atoms with Gasteiger partial charge in [-0.2, -0.15) is 0 Å². The maximum absolute atomic E-state index is 13.9. The highest BCUT2D eigenvalue weighted by Gasteiger charge is 2.47. The molecule has 4 nitrogen and oxygen atoms in total. The fourth-order valence-corrected chi connectivity index (χ4v) is 6.31. The monoisotopic (exact) mass is 444 g/mol. The number of anilines is 1. The second-order valence-electron chi connectivity index (χ2n) is 9.04. The zero-order valence-electron chi connectivity index (χ0n) is 18.5. The van der Waals surface area contributed by atoms with Gasteiger partial charge in [-0.1, -0.05) is 43.2 Å². The van der Waals surface area contributed by atoms with Gasteiger partial charge in [0.25, 0.3) is 5.91 Å². The largest absolute Gasteiger partial charge is 0.327 e. The van der Waals surface area contributed by atoms with Gasteiger partial charge in [-0.15, -0.1) is 11.3 Å². The number of nitrogens with one attached hydrogen (secondary N) is 1. The van der Waals surface area contributed by atoms with Crippen LogP contribution in [0.4, 0.5) is 5.69 Å². The van der Waals surface area contributed by atoms with E-state index in [9.17, 15) is 9.59 Å². The molecule has 5 heteroatoms. The topological polar surface area (TPSA) is 49.4 Å². The molecule has 0 bridgehead atoms. The molecule has 3 aromatic rings. The molecule has 32 heavy (non-hydrogen) atoms. The molecule has 1 aromatic heterocycles. The highest BCUT2D eigenvalue weighted by Crippen LogP contribution is 2.47. The lowest BCUT2D eigenvalue weighted by Gasteiger charge is -2.44. The highest BCUT2D eigenvalue weighted by molar-refractivity contribution is 7.10. The number of aryl methyl sites for hydroxylation is 2. The van der Waals surface area contributed by atoms with E-state index in [2.05, 4.69) is 17.4 Å². The van der Waals surface area contributed by atoms with Crippen molar-refractivity contribution in [1.29, 1.82) is 0 Å². The summed E-state index contributed by atoms with van der Waals surface area (Å²) < 4.78 is 0. The molecule has 164 valence electrons. The van der Waals surface area contributed by atoms with E-state index in [0.29, 0.717) is 5.56 Å². The molecule has 0 spiro atoms. The van der Waals surface area contributed by atoms with Gasteiger partial charge in [0.2, 0.25) is 5.91 Å². The van der Waals surface area contributed by atoms with Crippen LogP contribution < -0.4 is 5.32 Å². The lowest BCUT2D eigenvalue weighted by Crippen LogP contribution is -2.49. The van der Waals surface area contributed by atoms with E-state index < -0.39 is 5.92 Å². The normalized spacial score (nSPS) is 20.9. The van der Waals surface area contributed by atoms with Crippen LogP contribution in [0.2, 0.25) is 0 Å². The van der Waals surface area contributed by atoms with Crippen molar-refractivity contribution in [2.24, 2.45) is 0 Å². The van der Waals surface area contributed by atoms with Crippen LogP contribution >= 0.6 is 11.3 Å². The molecular formula is C27H28N2O2S. The number of fused-ring (bicyclic) bond motifs is 1. The van der Waals surface area contributed by atoms with Crippen molar-refractivity contribution in [2.45, 2.75) is 57.5 Å². The summed E-state index contributed by atoms with van der Waals surface area (Å²) in [7, 11) is 0. The summed E-state index contributed by atoms with van der Waals surface area (Å²) in [6.45, 7) is 4.07. The van der Waals surface area contributed by atoms with Crippen LogP contribution in [0.5, 0.6) is 0 Å². The van der Waals surface area contributed by atoms with Crippen LogP contribution in [0.15, 0.2) is 60.0 Å². The van der Waals surface area contributed by atoms with Gasteiger partial charge in [0.05, 0.1) is 12.0 Å². The predicted molar refractivity (Wildman–Crippen MR) is 129 cm³/mol. The molecule has 2 amide bonds. The average Bonchev–Trinajstić information content (AvgIpc) is 3.47. The van der Waals surface area contributed by atoms with Crippen LogP contribution in [0.25, 0.3) is 0 Å². The van der Waals surface area contributed by atoms with Gasteiger partial charge in [0.1, 0.15) is 0 Å². The molecule has 0 saturated heterocycles. The molecule has 0 radical (unpaired) electrons. The fourth-order valence-electron chi connectivity index (χ4n) is 5.45. The lowest BCUT2D eigenvalue weighted by molar-refractivity contribution is -0.119. The summed E-state index contributed by atoms with van der Waals surface area (Å²) >= 11 is 1.63. The fraction of sp³-hybridized carbons (Fsp3) is 0.333. The Balaban J connectivity index is 1.62. The summed E-state index contributed by atoms with van der Waals surface area (Å²) in [5.74, 6) is -0.457. The van der Waals surface area contributed by atoms with Crippen LogP contribution in [-0.2, 0) is 4.79 Å². The van der Waals surface area contributed by atoms with Crippen LogP contribution in [-0.4, -0.2) is 22.8 Å². The minimum Gasteiger partial charge on any atom is -0.327 e. The summed E-state index contributed by atoms with van der Waals surface area (Å²) in [5.41, 5.74) is 4.52.